The molecular weight excluding hydrogens is 483 g/mol. The minimum Gasteiger partial charge on any atom is -0.496 e. The summed E-state index contributed by atoms with van der Waals surface area (Å²) in [6, 6.07) is 12.3. The Hall–Kier alpha value is -2.55. The Morgan fingerprint density at radius 1 is 1.10 bits per heavy atom. The van der Waals surface area contributed by atoms with Crippen molar-refractivity contribution in [2.45, 2.75) is 6.73 Å². The third-order valence-electron chi connectivity index (χ3n) is 3.93. The quantitative estimate of drug-likeness (QED) is 0.340. The molecule has 2 aromatic heterocycles. The van der Waals surface area contributed by atoms with E-state index in [0.717, 1.165) is 4.47 Å². The van der Waals surface area contributed by atoms with Gasteiger partial charge < -0.3 is 14.0 Å². The number of aromatic nitrogens is 4. The summed E-state index contributed by atoms with van der Waals surface area (Å²) in [7, 11) is 1.56. The van der Waals surface area contributed by atoms with Crippen molar-refractivity contribution in [3.8, 4) is 34.5 Å². The van der Waals surface area contributed by atoms with Gasteiger partial charge in [0.2, 0.25) is 5.82 Å². The van der Waals surface area contributed by atoms with Crippen LogP contribution in [0.1, 0.15) is 0 Å². The fourth-order valence-corrected chi connectivity index (χ4v) is 3.47. The molecule has 0 saturated heterocycles. The predicted octanol–water partition coefficient (Wildman–Crippen LogP) is 5.71. The lowest BCUT2D eigenvalue weighted by atomic mass is 10.2. The minimum atomic E-state index is 0.171. The molecule has 10 heteroatoms. The van der Waals surface area contributed by atoms with E-state index in [-0.39, 0.29) is 12.6 Å². The summed E-state index contributed by atoms with van der Waals surface area (Å²) in [5.41, 5.74) is 1.14. The van der Waals surface area contributed by atoms with Gasteiger partial charge in [0.1, 0.15) is 11.5 Å². The van der Waals surface area contributed by atoms with E-state index in [2.05, 4.69) is 31.2 Å². The zero-order chi connectivity index (χ0) is 20.4. The van der Waals surface area contributed by atoms with Crippen LogP contribution in [-0.2, 0) is 6.73 Å². The molecule has 0 aliphatic rings. The van der Waals surface area contributed by atoms with E-state index < -0.39 is 0 Å². The van der Waals surface area contributed by atoms with Gasteiger partial charge in [-0.1, -0.05) is 44.3 Å². The summed E-state index contributed by atoms with van der Waals surface area (Å²) >= 11 is 15.6. The van der Waals surface area contributed by atoms with Gasteiger partial charge in [0.25, 0.3) is 5.89 Å². The van der Waals surface area contributed by atoms with Crippen LogP contribution in [0.15, 0.2) is 57.7 Å². The number of ether oxygens (including phenoxy) is 2. The van der Waals surface area contributed by atoms with Crippen molar-refractivity contribution in [3.05, 3.63) is 63.2 Å². The fourth-order valence-electron chi connectivity index (χ4n) is 2.57. The summed E-state index contributed by atoms with van der Waals surface area (Å²) < 4.78 is 18.8. The van der Waals surface area contributed by atoms with Gasteiger partial charge in [-0.15, -0.1) is 0 Å². The normalized spacial score (nSPS) is 10.9. The number of benzene rings is 2. The van der Waals surface area contributed by atoms with Gasteiger partial charge in [-0.05, 0) is 42.5 Å². The molecule has 0 radical (unpaired) electrons. The van der Waals surface area contributed by atoms with E-state index in [1.165, 1.54) is 0 Å². The molecule has 0 aliphatic heterocycles. The van der Waals surface area contributed by atoms with Crippen molar-refractivity contribution in [1.29, 1.82) is 0 Å². The van der Waals surface area contributed by atoms with Gasteiger partial charge in [-0.2, -0.15) is 10.1 Å². The highest BCUT2D eigenvalue weighted by Gasteiger charge is 2.17. The molecule has 29 heavy (non-hydrogen) atoms. The zero-order valence-corrected chi connectivity index (χ0v) is 18.1. The summed E-state index contributed by atoms with van der Waals surface area (Å²) in [6.45, 7) is 0.171. The standard InChI is InChI=1S/C19H13BrCl2N4O3/c1-27-16-5-3-12(21)9-13(16)18-23-19(29-25-18)15-6-7-26(24-15)10-28-17-4-2-11(20)8-14(17)22/h2-9H,10H2,1H3. The second-order valence-electron chi connectivity index (χ2n) is 5.86. The van der Waals surface area contributed by atoms with E-state index in [0.29, 0.717) is 38.6 Å². The van der Waals surface area contributed by atoms with Crippen LogP contribution in [0.5, 0.6) is 11.5 Å². The minimum absolute atomic E-state index is 0.171. The Labute approximate surface area is 184 Å². The molecule has 0 fully saturated rings. The van der Waals surface area contributed by atoms with Crippen LogP contribution >= 0.6 is 39.1 Å². The average Bonchev–Trinajstić information content (AvgIpc) is 3.37. The lowest BCUT2D eigenvalue weighted by Gasteiger charge is -2.08. The molecule has 4 aromatic rings. The largest absolute Gasteiger partial charge is 0.496 e. The van der Waals surface area contributed by atoms with Crippen LogP contribution in [0.25, 0.3) is 23.0 Å². The van der Waals surface area contributed by atoms with Gasteiger partial charge in [-0.3, -0.25) is 0 Å². The van der Waals surface area contributed by atoms with Gasteiger partial charge in [0.15, 0.2) is 12.4 Å². The van der Waals surface area contributed by atoms with Crippen LogP contribution in [0.4, 0.5) is 0 Å². The summed E-state index contributed by atoms with van der Waals surface area (Å²) in [5, 5.41) is 9.45. The SMILES string of the molecule is COc1ccc(Cl)cc1-c1noc(-c2ccn(COc3ccc(Br)cc3Cl)n2)n1. The molecule has 0 amide bonds. The van der Waals surface area contributed by atoms with Crippen LogP contribution in [0.3, 0.4) is 0 Å². The molecule has 2 heterocycles. The van der Waals surface area contributed by atoms with Gasteiger partial charge >= 0.3 is 0 Å². The Morgan fingerprint density at radius 3 is 2.72 bits per heavy atom. The summed E-state index contributed by atoms with van der Waals surface area (Å²) in [5.74, 6) is 1.77. The molecule has 148 valence electrons. The van der Waals surface area contributed by atoms with Gasteiger partial charge in [-0.25, -0.2) is 4.68 Å². The Kier molecular flexibility index (Phi) is 5.75. The maximum absolute atomic E-state index is 6.16. The molecule has 0 unspecified atom stereocenters. The number of halogens is 3. The highest BCUT2D eigenvalue weighted by Crippen LogP contribution is 2.32. The number of nitrogens with zero attached hydrogens (tertiary/aromatic N) is 4. The Bertz CT molecular complexity index is 1160. The molecule has 0 spiro atoms. The number of hydrogen-bond donors (Lipinski definition) is 0. The maximum Gasteiger partial charge on any atom is 0.278 e. The van der Waals surface area contributed by atoms with Crippen molar-refractivity contribution >= 4 is 39.1 Å². The molecule has 2 aromatic carbocycles. The van der Waals surface area contributed by atoms with E-state index in [1.807, 2.05) is 6.07 Å². The average molecular weight is 496 g/mol. The monoisotopic (exact) mass is 494 g/mol. The Morgan fingerprint density at radius 2 is 1.93 bits per heavy atom. The topological polar surface area (TPSA) is 75.2 Å². The summed E-state index contributed by atoms with van der Waals surface area (Å²) in [4.78, 5) is 4.40. The van der Waals surface area contributed by atoms with Crippen LogP contribution in [0.2, 0.25) is 10.0 Å². The van der Waals surface area contributed by atoms with Crippen LogP contribution in [0, 0.1) is 0 Å². The van der Waals surface area contributed by atoms with Crippen LogP contribution in [-0.4, -0.2) is 27.0 Å². The smallest absolute Gasteiger partial charge is 0.278 e. The van der Waals surface area contributed by atoms with Crippen molar-refractivity contribution in [1.82, 2.24) is 19.9 Å². The molecule has 0 aliphatic carbocycles. The van der Waals surface area contributed by atoms with Gasteiger partial charge in [0, 0.05) is 15.7 Å². The van der Waals surface area contributed by atoms with E-state index in [1.54, 1.807) is 54.4 Å². The van der Waals surface area contributed by atoms with E-state index >= 15 is 0 Å². The first kappa shape index (κ1) is 19.8. The lowest BCUT2D eigenvalue weighted by molar-refractivity contribution is 0.221. The van der Waals surface area contributed by atoms with Crippen molar-refractivity contribution in [2.24, 2.45) is 0 Å². The van der Waals surface area contributed by atoms with Crippen LogP contribution < -0.4 is 9.47 Å². The second-order valence-corrected chi connectivity index (χ2v) is 7.62. The van der Waals surface area contributed by atoms with Crippen molar-refractivity contribution in [2.75, 3.05) is 7.11 Å². The molecule has 4 rings (SSSR count). The first-order valence-electron chi connectivity index (χ1n) is 8.33. The molecule has 0 N–H and O–H groups in total. The maximum atomic E-state index is 6.16. The number of hydrogen-bond acceptors (Lipinski definition) is 6. The Balaban J connectivity index is 1.51. The number of rotatable bonds is 6. The van der Waals surface area contributed by atoms with Crippen molar-refractivity contribution < 1.29 is 14.0 Å². The molecular formula is C19H13BrCl2N4O3. The number of methoxy groups -OCH3 is 1. The first-order valence-corrected chi connectivity index (χ1v) is 9.87. The molecule has 0 bridgehead atoms. The lowest BCUT2D eigenvalue weighted by Crippen LogP contribution is -2.06. The predicted molar refractivity (Wildman–Crippen MR) is 112 cm³/mol. The second kappa shape index (κ2) is 8.44. The highest BCUT2D eigenvalue weighted by molar-refractivity contribution is 9.10. The van der Waals surface area contributed by atoms with E-state index in [4.69, 9.17) is 37.2 Å². The molecule has 0 saturated carbocycles. The third-order valence-corrected chi connectivity index (χ3v) is 4.96. The zero-order valence-electron chi connectivity index (χ0n) is 15.0. The fraction of sp³-hybridized carbons (Fsp3) is 0.105. The third kappa shape index (κ3) is 4.39. The van der Waals surface area contributed by atoms with Crippen molar-refractivity contribution in [3.63, 3.8) is 0 Å². The summed E-state index contributed by atoms with van der Waals surface area (Å²) in [6.07, 6.45) is 1.74. The molecule has 7 nitrogen and oxygen atoms in total. The molecule has 0 atom stereocenters. The highest BCUT2D eigenvalue weighted by atomic mass is 79.9. The van der Waals surface area contributed by atoms with E-state index in [9.17, 15) is 0 Å². The van der Waals surface area contributed by atoms with Gasteiger partial charge in [0.05, 0.1) is 17.7 Å². The first-order chi connectivity index (χ1) is 14.0.